The van der Waals surface area contributed by atoms with E-state index < -0.39 is 0 Å². The number of hydrogen-bond acceptors (Lipinski definition) is 4. The topological polar surface area (TPSA) is 54.9 Å². The molecule has 0 saturated carbocycles. The van der Waals surface area contributed by atoms with E-state index in [1.54, 1.807) is 14.2 Å². The molecule has 25 heavy (non-hydrogen) atoms. The minimum atomic E-state index is 0. The first kappa shape index (κ1) is 23.7. The summed E-state index contributed by atoms with van der Waals surface area (Å²) in [4.78, 5) is 4.23. The third kappa shape index (κ3) is 9.70. The van der Waals surface area contributed by atoms with E-state index in [2.05, 4.69) is 27.8 Å². The maximum atomic E-state index is 5.52. The van der Waals surface area contributed by atoms with Crippen molar-refractivity contribution in [2.45, 2.75) is 19.4 Å². The summed E-state index contributed by atoms with van der Waals surface area (Å²) in [6.45, 7) is 1.77. The van der Waals surface area contributed by atoms with Crippen molar-refractivity contribution in [1.82, 2.24) is 10.6 Å². The molecule has 0 unspecified atom stereocenters. The third-order valence-corrected chi connectivity index (χ3v) is 3.99. The molecule has 5 nitrogen and oxygen atoms in total. The predicted octanol–water partition coefficient (Wildman–Crippen LogP) is 3.13. The molecule has 0 aliphatic heterocycles. The minimum Gasteiger partial charge on any atom is -0.493 e. The smallest absolute Gasteiger partial charge is 0.191 e. The average Bonchev–Trinajstić information content (AvgIpc) is 2.62. The molecule has 0 saturated heterocycles. The highest BCUT2D eigenvalue weighted by Crippen LogP contribution is 2.27. The molecule has 0 radical (unpaired) electrons. The van der Waals surface area contributed by atoms with Gasteiger partial charge in [0.25, 0.3) is 0 Å². The third-order valence-electron chi connectivity index (χ3n) is 3.29. The lowest BCUT2D eigenvalue weighted by Gasteiger charge is -2.14. The van der Waals surface area contributed by atoms with Crippen LogP contribution >= 0.6 is 35.7 Å². The Labute approximate surface area is 172 Å². The molecule has 0 spiro atoms. The quantitative estimate of drug-likeness (QED) is 0.178. The van der Waals surface area contributed by atoms with Crippen molar-refractivity contribution in [3.05, 3.63) is 23.8 Å². The molecule has 0 aliphatic rings. The molecule has 140 valence electrons. The van der Waals surface area contributed by atoms with Crippen LogP contribution in [0.1, 0.15) is 18.4 Å². The van der Waals surface area contributed by atoms with Crippen LogP contribution in [-0.4, -0.2) is 45.3 Å². The molecule has 0 fully saturated rings. The fourth-order valence-electron chi connectivity index (χ4n) is 2.05. The maximum absolute atomic E-state index is 5.52. The first-order valence-electron chi connectivity index (χ1n) is 7.91. The molecule has 2 N–H and O–H groups in total. The number of ether oxygens (including phenoxy) is 2. The zero-order chi connectivity index (χ0) is 17.6. The number of thioether (sulfide) groups is 1. The van der Waals surface area contributed by atoms with E-state index >= 15 is 0 Å². The van der Waals surface area contributed by atoms with Gasteiger partial charge in [-0.1, -0.05) is 12.0 Å². The molecule has 7 heteroatoms. The van der Waals surface area contributed by atoms with E-state index in [1.807, 2.05) is 30.0 Å². The van der Waals surface area contributed by atoms with Crippen molar-refractivity contribution >= 4 is 41.7 Å². The molecule has 0 aliphatic carbocycles. The second kappa shape index (κ2) is 15.0. The zero-order valence-electron chi connectivity index (χ0n) is 15.1. The van der Waals surface area contributed by atoms with E-state index in [0.717, 1.165) is 24.5 Å². The van der Waals surface area contributed by atoms with Gasteiger partial charge in [0, 0.05) is 20.1 Å². The monoisotopic (exact) mass is 477 g/mol. The lowest BCUT2D eigenvalue weighted by molar-refractivity contribution is 0.330. The van der Waals surface area contributed by atoms with Crippen molar-refractivity contribution in [2.24, 2.45) is 4.99 Å². The van der Waals surface area contributed by atoms with Crippen LogP contribution in [0.2, 0.25) is 0 Å². The number of rotatable bonds is 10. The molecule has 0 bridgehead atoms. The highest BCUT2D eigenvalue weighted by molar-refractivity contribution is 14.0. The van der Waals surface area contributed by atoms with Gasteiger partial charge < -0.3 is 20.1 Å². The number of methoxy groups -OCH3 is 1. The summed E-state index contributed by atoms with van der Waals surface area (Å²) in [5, 5.41) is 6.61. The van der Waals surface area contributed by atoms with Crippen molar-refractivity contribution in [1.29, 1.82) is 0 Å². The zero-order valence-corrected chi connectivity index (χ0v) is 18.3. The fourth-order valence-corrected chi connectivity index (χ4v) is 2.54. The number of nitrogens with one attached hydrogen (secondary N) is 2. The highest BCUT2D eigenvalue weighted by Gasteiger charge is 2.06. The van der Waals surface area contributed by atoms with E-state index in [4.69, 9.17) is 15.9 Å². The number of hydrogen-bond donors (Lipinski definition) is 2. The molecule has 0 amide bonds. The number of aliphatic imine (C=N–C) groups is 1. The Morgan fingerprint density at radius 3 is 2.72 bits per heavy atom. The molecule has 1 aromatic rings. The second-order valence-electron chi connectivity index (χ2n) is 5.03. The number of halogens is 1. The van der Waals surface area contributed by atoms with Gasteiger partial charge in [-0.25, -0.2) is 0 Å². The van der Waals surface area contributed by atoms with E-state index in [9.17, 15) is 0 Å². The largest absolute Gasteiger partial charge is 0.493 e. The van der Waals surface area contributed by atoms with Crippen LogP contribution in [-0.2, 0) is 6.54 Å². The van der Waals surface area contributed by atoms with Gasteiger partial charge in [0.2, 0.25) is 0 Å². The van der Waals surface area contributed by atoms with Crippen LogP contribution in [0.15, 0.2) is 23.2 Å². The summed E-state index contributed by atoms with van der Waals surface area (Å²) in [5.41, 5.74) is 1.06. The molecule has 1 rings (SSSR count). The van der Waals surface area contributed by atoms with Gasteiger partial charge in [0.05, 0.1) is 7.11 Å². The molecular weight excluding hydrogens is 449 g/mol. The van der Waals surface area contributed by atoms with Crippen LogP contribution in [0.3, 0.4) is 0 Å². The van der Waals surface area contributed by atoms with Gasteiger partial charge in [-0.3, -0.25) is 4.99 Å². The second-order valence-corrected chi connectivity index (χ2v) is 6.02. The molecule has 0 atom stereocenters. The molecular formula is C18H28IN3O2S. The Morgan fingerprint density at radius 2 is 2.08 bits per heavy atom. The Balaban J connectivity index is 0.00000576. The van der Waals surface area contributed by atoms with Crippen molar-refractivity contribution in [3.63, 3.8) is 0 Å². The summed E-state index contributed by atoms with van der Waals surface area (Å²) in [7, 11) is 3.38. The number of nitrogens with zero attached hydrogens (tertiary/aromatic N) is 1. The lowest BCUT2D eigenvalue weighted by Crippen LogP contribution is -2.37. The van der Waals surface area contributed by atoms with Crippen molar-refractivity contribution < 1.29 is 9.47 Å². The van der Waals surface area contributed by atoms with Crippen LogP contribution in [0.4, 0.5) is 0 Å². The Kier molecular flexibility index (Phi) is 14.3. The number of unbranched alkanes of at least 4 members (excludes halogenated alkanes) is 1. The number of benzene rings is 1. The highest BCUT2D eigenvalue weighted by atomic mass is 127. The summed E-state index contributed by atoms with van der Waals surface area (Å²) in [5.74, 6) is 5.77. The summed E-state index contributed by atoms with van der Waals surface area (Å²) in [6.07, 6.45) is 9.72. The van der Waals surface area contributed by atoms with Gasteiger partial charge in [-0.15, -0.1) is 30.4 Å². The van der Waals surface area contributed by atoms with Crippen molar-refractivity contribution in [3.8, 4) is 23.8 Å². The number of terminal acetylenes is 1. The normalized spacial score (nSPS) is 10.4. The van der Waals surface area contributed by atoms with Crippen LogP contribution in [0, 0.1) is 12.3 Å². The van der Waals surface area contributed by atoms with E-state index in [1.165, 1.54) is 12.2 Å². The molecule has 1 aromatic carbocycles. The van der Waals surface area contributed by atoms with Gasteiger partial charge in [0.1, 0.15) is 6.61 Å². The Morgan fingerprint density at radius 1 is 1.28 bits per heavy atom. The summed E-state index contributed by atoms with van der Waals surface area (Å²) >= 11 is 1.88. The lowest BCUT2D eigenvalue weighted by atomic mass is 10.2. The summed E-state index contributed by atoms with van der Waals surface area (Å²) in [6, 6.07) is 5.79. The van der Waals surface area contributed by atoms with Gasteiger partial charge in [0.15, 0.2) is 17.5 Å². The van der Waals surface area contributed by atoms with Crippen molar-refractivity contribution in [2.75, 3.05) is 39.3 Å². The molecule has 0 heterocycles. The van der Waals surface area contributed by atoms with Crippen LogP contribution in [0.5, 0.6) is 11.5 Å². The first-order valence-corrected chi connectivity index (χ1v) is 9.31. The first-order chi connectivity index (χ1) is 11.7. The minimum absolute atomic E-state index is 0. The van der Waals surface area contributed by atoms with Crippen LogP contribution in [0.25, 0.3) is 0 Å². The average molecular weight is 477 g/mol. The Hall–Kier alpha value is -1.27. The van der Waals surface area contributed by atoms with E-state index in [-0.39, 0.29) is 30.6 Å². The number of guanidine groups is 1. The van der Waals surface area contributed by atoms with E-state index in [0.29, 0.717) is 18.0 Å². The van der Waals surface area contributed by atoms with Gasteiger partial charge >= 0.3 is 0 Å². The SMILES string of the molecule is C#CCOc1cc(CNC(=NC)NCCCCSC)ccc1OC.I. The molecule has 0 aromatic heterocycles. The van der Waals surface area contributed by atoms with Crippen LogP contribution < -0.4 is 20.1 Å². The Bertz CT molecular complexity index is 562. The fraction of sp³-hybridized carbons (Fsp3) is 0.500. The summed E-state index contributed by atoms with van der Waals surface area (Å²) < 4.78 is 10.8. The van der Waals surface area contributed by atoms with Gasteiger partial charge in [-0.2, -0.15) is 11.8 Å². The standard InChI is InChI=1S/C18H27N3O2S.HI/c1-5-11-23-17-13-15(8-9-16(17)22-3)14-21-18(19-2)20-10-6-7-12-24-4;/h1,8-9,13H,6-7,10-12,14H2,2-4H3,(H2,19,20,21);1H. The predicted molar refractivity (Wildman–Crippen MR) is 119 cm³/mol. The van der Waals surface area contributed by atoms with Gasteiger partial charge in [-0.05, 0) is 42.5 Å². The maximum Gasteiger partial charge on any atom is 0.191 e.